The summed E-state index contributed by atoms with van der Waals surface area (Å²) < 4.78 is 20.7. The van der Waals surface area contributed by atoms with Crippen LogP contribution in [0, 0.1) is 0 Å². The molecule has 0 amide bonds. The number of para-hydroxylation sites is 1. The van der Waals surface area contributed by atoms with Crippen LogP contribution in [0.15, 0.2) is 48.7 Å². The third-order valence-corrected chi connectivity index (χ3v) is 6.27. The van der Waals surface area contributed by atoms with Gasteiger partial charge >= 0.3 is 0 Å². The summed E-state index contributed by atoms with van der Waals surface area (Å²) >= 11 is 0. The largest absolute Gasteiger partial charge is 0.494 e. The van der Waals surface area contributed by atoms with Crippen molar-refractivity contribution in [3.63, 3.8) is 0 Å². The molecule has 2 atom stereocenters. The minimum absolute atomic E-state index is 0.0984. The predicted octanol–water partition coefficient (Wildman–Crippen LogP) is 3.39. The molecule has 0 aliphatic carbocycles. The van der Waals surface area contributed by atoms with Gasteiger partial charge in [-0.15, -0.1) is 10.2 Å². The molecule has 3 aromatic heterocycles. The van der Waals surface area contributed by atoms with Crippen LogP contribution in [0.5, 0.6) is 5.75 Å². The number of benzene rings is 1. The molecule has 5 rings (SSSR count). The van der Waals surface area contributed by atoms with Gasteiger partial charge in [0.05, 0.1) is 12.6 Å². The molecule has 1 fully saturated rings. The lowest BCUT2D eigenvalue weighted by atomic mass is 10.0. The van der Waals surface area contributed by atoms with Crippen molar-refractivity contribution in [3.05, 3.63) is 54.2 Å². The maximum Gasteiger partial charge on any atom is 0.187 e. The number of aromatic nitrogens is 4. The van der Waals surface area contributed by atoms with Crippen LogP contribution in [-0.2, 0) is 0 Å². The first-order valence-corrected chi connectivity index (χ1v) is 10.4. The number of alkyl halides is 1. The van der Waals surface area contributed by atoms with E-state index in [1.54, 1.807) is 7.11 Å². The summed E-state index contributed by atoms with van der Waals surface area (Å²) in [4.78, 5) is 7.03. The Balaban J connectivity index is 1.53. The zero-order valence-electron chi connectivity index (χ0n) is 17.6. The number of pyridine rings is 2. The van der Waals surface area contributed by atoms with Crippen LogP contribution in [0.25, 0.3) is 28.1 Å². The van der Waals surface area contributed by atoms with Crippen molar-refractivity contribution in [3.8, 4) is 17.3 Å². The Morgan fingerprint density at radius 1 is 1.19 bits per heavy atom. The topological polar surface area (TPSA) is 81.6 Å². The number of fused-ring (bicyclic) bond motifs is 2. The van der Waals surface area contributed by atoms with Crippen molar-refractivity contribution in [1.29, 1.82) is 0 Å². The quantitative estimate of drug-likeness (QED) is 0.533. The molecule has 1 aromatic carbocycles. The van der Waals surface area contributed by atoms with Gasteiger partial charge in [0.25, 0.3) is 0 Å². The number of halogens is 1. The Morgan fingerprint density at radius 3 is 2.84 bits per heavy atom. The highest BCUT2D eigenvalue weighted by Gasteiger charge is 2.36. The molecule has 0 spiro atoms. The van der Waals surface area contributed by atoms with Gasteiger partial charge in [0.15, 0.2) is 11.5 Å². The summed E-state index contributed by atoms with van der Waals surface area (Å²) in [5, 5.41) is 9.70. The average Bonchev–Trinajstić information content (AvgIpc) is 3.41. The average molecular weight is 420 g/mol. The Hall–Kier alpha value is -3.10. The van der Waals surface area contributed by atoms with Crippen LogP contribution >= 0.6 is 0 Å². The molecule has 1 aliphatic rings. The Kier molecular flexibility index (Phi) is 4.83. The normalized spacial score (nSPS) is 20.5. The fourth-order valence-electron chi connectivity index (χ4n) is 4.32. The van der Waals surface area contributed by atoms with Gasteiger partial charge in [-0.1, -0.05) is 24.3 Å². The van der Waals surface area contributed by atoms with E-state index in [9.17, 15) is 4.39 Å². The lowest BCUT2D eigenvalue weighted by Crippen LogP contribution is -2.45. The van der Waals surface area contributed by atoms with E-state index in [1.165, 1.54) is 0 Å². The van der Waals surface area contributed by atoms with Gasteiger partial charge in [-0.05, 0) is 37.1 Å². The number of rotatable bonds is 5. The molecule has 160 valence electrons. The maximum absolute atomic E-state index is 13.3. The fraction of sp³-hybridized carbons (Fsp3) is 0.348. The molecular weight excluding hydrogens is 395 g/mol. The molecule has 1 aliphatic heterocycles. The van der Waals surface area contributed by atoms with Crippen molar-refractivity contribution in [2.75, 3.05) is 26.9 Å². The number of hydrogen-bond donors (Lipinski definition) is 1. The number of ether oxygens (including phenoxy) is 1. The van der Waals surface area contributed by atoms with Gasteiger partial charge < -0.3 is 10.5 Å². The zero-order chi connectivity index (χ0) is 21.6. The second-order valence-electron chi connectivity index (χ2n) is 8.34. The van der Waals surface area contributed by atoms with Gasteiger partial charge in [-0.25, -0.2) is 9.37 Å². The molecule has 0 radical (unpaired) electrons. The highest BCUT2D eigenvalue weighted by Crippen LogP contribution is 2.30. The molecular formula is C23H25FN6O. The summed E-state index contributed by atoms with van der Waals surface area (Å²) in [6.07, 6.45) is 2.70. The van der Waals surface area contributed by atoms with Gasteiger partial charge in [0.2, 0.25) is 0 Å². The van der Waals surface area contributed by atoms with Gasteiger partial charge in [-0.3, -0.25) is 9.30 Å². The number of methoxy groups -OCH3 is 1. The first-order chi connectivity index (χ1) is 15.0. The van der Waals surface area contributed by atoms with Crippen molar-refractivity contribution in [2.45, 2.75) is 24.9 Å². The molecule has 4 heterocycles. The third-order valence-electron chi connectivity index (χ3n) is 6.27. The first-order valence-electron chi connectivity index (χ1n) is 10.4. The Morgan fingerprint density at radius 2 is 2.06 bits per heavy atom. The van der Waals surface area contributed by atoms with Crippen molar-refractivity contribution in [2.24, 2.45) is 5.73 Å². The fourth-order valence-corrected chi connectivity index (χ4v) is 4.32. The Labute approximate surface area is 179 Å². The first kappa shape index (κ1) is 19.8. The minimum atomic E-state index is -0.742. The highest BCUT2D eigenvalue weighted by molar-refractivity contribution is 5.86. The molecule has 0 bridgehead atoms. The van der Waals surface area contributed by atoms with Crippen LogP contribution in [0.1, 0.15) is 24.9 Å². The summed E-state index contributed by atoms with van der Waals surface area (Å²) in [7, 11) is 1.64. The summed E-state index contributed by atoms with van der Waals surface area (Å²) in [6.45, 7) is 2.95. The monoisotopic (exact) mass is 420 g/mol. The van der Waals surface area contributed by atoms with Crippen LogP contribution < -0.4 is 10.5 Å². The lowest BCUT2D eigenvalue weighted by molar-refractivity contribution is 0.229. The molecule has 2 N–H and O–H groups in total. The van der Waals surface area contributed by atoms with Crippen molar-refractivity contribution in [1.82, 2.24) is 24.5 Å². The smallest absolute Gasteiger partial charge is 0.187 e. The van der Waals surface area contributed by atoms with Gasteiger partial charge in [0, 0.05) is 30.7 Å². The minimum Gasteiger partial charge on any atom is -0.494 e. The molecule has 4 aromatic rings. The van der Waals surface area contributed by atoms with E-state index in [4.69, 9.17) is 15.5 Å². The number of nitrogens with zero attached hydrogens (tertiary/aromatic N) is 5. The SMILES string of the molecule is COc1cccc2ccc(-c3nnc4ccc([C@H](C)N5CC[C@@](N)(CF)C5)cn34)nc12. The second-order valence-corrected chi connectivity index (χ2v) is 8.34. The molecule has 0 saturated carbocycles. The van der Waals surface area contributed by atoms with Crippen LogP contribution in [-0.4, -0.2) is 56.9 Å². The van der Waals surface area contributed by atoms with E-state index >= 15 is 0 Å². The van der Waals surface area contributed by atoms with Crippen LogP contribution in [0.2, 0.25) is 0 Å². The van der Waals surface area contributed by atoms with E-state index in [2.05, 4.69) is 22.0 Å². The second kappa shape index (κ2) is 7.55. The summed E-state index contributed by atoms with van der Waals surface area (Å²) in [6, 6.07) is 13.9. The van der Waals surface area contributed by atoms with E-state index < -0.39 is 12.2 Å². The van der Waals surface area contributed by atoms with E-state index in [-0.39, 0.29) is 6.04 Å². The number of likely N-dealkylation sites (tertiary alicyclic amines) is 1. The molecule has 0 unspecified atom stereocenters. The van der Waals surface area contributed by atoms with Crippen LogP contribution in [0.4, 0.5) is 4.39 Å². The third kappa shape index (κ3) is 3.41. The molecule has 8 heteroatoms. The number of nitrogens with two attached hydrogens (primary N) is 1. The lowest BCUT2D eigenvalue weighted by Gasteiger charge is -2.26. The van der Waals surface area contributed by atoms with E-state index in [0.29, 0.717) is 24.5 Å². The zero-order valence-corrected chi connectivity index (χ0v) is 17.6. The van der Waals surface area contributed by atoms with E-state index in [0.717, 1.165) is 34.4 Å². The van der Waals surface area contributed by atoms with Crippen molar-refractivity contribution >= 4 is 16.6 Å². The summed E-state index contributed by atoms with van der Waals surface area (Å²) in [5.41, 5.74) is 8.74. The Bertz CT molecular complexity index is 1260. The highest BCUT2D eigenvalue weighted by atomic mass is 19.1. The molecule has 31 heavy (non-hydrogen) atoms. The number of hydrogen-bond acceptors (Lipinski definition) is 6. The predicted molar refractivity (Wildman–Crippen MR) is 118 cm³/mol. The van der Waals surface area contributed by atoms with Crippen LogP contribution in [0.3, 0.4) is 0 Å². The summed E-state index contributed by atoms with van der Waals surface area (Å²) in [5.74, 6) is 1.38. The maximum atomic E-state index is 13.3. The van der Waals surface area contributed by atoms with Gasteiger partial charge in [0.1, 0.15) is 23.6 Å². The van der Waals surface area contributed by atoms with E-state index in [1.807, 2.05) is 53.1 Å². The standard InChI is InChI=1S/C23H25FN6O/c1-15(29-11-10-23(25,13-24)14-29)17-7-9-20-27-28-22(30(20)12-17)18-8-6-16-4-3-5-19(31-2)21(16)26-18/h3-9,12,15H,10-11,13-14,25H2,1-2H3/t15-,23+/m0/s1. The van der Waals surface area contributed by atoms with Crippen molar-refractivity contribution < 1.29 is 9.13 Å². The van der Waals surface area contributed by atoms with Gasteiger partial charge in [-0.2, -0.15) is 0 Å². The molecule has 1 saturated heterocycles. The molecule has 7 nitrogen and oxygen atoms in total.